The van der Waals surface area contributed by atoms with Gasteiger partial charge in [-0.05, 0) is 22.4 Å². The van der Waals surface area contributed by atoms with Crippen molar-refractivity contribution >= 4 is 27.3 Å². The number of hydrogen-bond acceptors (Lipinski definition) is 3. The second kappa shape index (κ2) is 3.13. The van der Waals surface area contributed by atoms with E-state index in [0.717, 1.165) is 15.2 Å². The summed E-state index contributed by atoms with van der Waals surface area (Å²) in [5.41, 5.74) is 0.502. The molecule has 2 nitrogen and oxygen atoms in total. The van der Waals surface area contributed by atoms with E-state index in [1.165, 1.54) is 11.3 Å². The van der Waals surface area contributed by atoms with Crippen molar-refractivity contribution in [2.45, 2.75) is 13.3 Å². The molecule has 0 aromatic carbocycles. The van der Waals surface area contributed by atoms with Gasteiger partial charge in [0.2, 0.25) is 0 Å². The average molecular weight is 217 g/mol. The molecule has 0 saturated carbocycles. The first-order valence-corrected chi connectivity index (χ1v) is 4.44. The monoisotopic (exact) mass is 216 g/mol. The molecule has 1 heterocycles. The minimum Gasteiger partial charge on any atom is -0.229 e. The molecule has 0 atom stereocenters. The first-order valence-electron chi connectivity index (χ1n) is 2.83. The zero-order valence-corrected chi connectivity index (χ0v) is 7.79. The minimum absolute atomic E-state index is 0.502. The number of aryl methyl sites for hydroxylation is 1. The van der Waals surface area contributed by atoms with Crippen molar-refractivity contribution in [3.8, 4) is 6.07 Å². The van der Waals surface area contributed by atoms with E-state index >= 15 is 0 Å². The van der Waals surface area contributed by atoms with Crippen LogP contribution in [0, 0.1) is 11.3 Å². The number of hydrogen-bond donors (Lipinski definition) is 0. The van der Waals surface area contributed by atoms with Crippen LogP contribution in [-0.2, 0) is 6.42 Å². The molecule has 52 valence electrons. The van der Waals surface area contributed by atoms with Crippen LogP contribution in [0.3, 0.4) is 0 Å². The fourth-order valence-corrected chi connectivity index (χ4v) is 1.98. The average Bonchev–Trinajstić information content (AvgIpc) is 2.30. The van der Waals surface area contributed by atoms with Crippen molar-refractivity contribution in [1.82, 2.24) is 4.98 Å². The molecule has 0 spiro atoms. The summed E-state index contributed by atoms with van der Waals surface area (Å²) < 4.78 is 0.840. The van der Waals surface area contributed by atoms with Gasteiger partial charge >= 0.3 is 0 Å². The number of thiazole rings is 1. The molecule has 0 aliphatic heterocycles. The lowest BCUT2D eigenvalue weighted by Gasteiger charge is -1.78. The molecule has 0 fully saturated rings. The lowest BCUT2D eigenvalue weighted by Crippen LogP contribution is -1.77. The van der Waals surface area contributed by atoms with Gasteiger partial charge in [-0.3, -0.25) is 0 Å². The predicted molar refractivity (Wildman–Crippen MR) is 43.9 cm³/mol. The summed E-state index contributed by atoms with van der Waals surface area (Å²) in [6.07, 6.45) is 0.894. The Labute approximate surface area is 71.6 Å². The third-order valence-electron chi connectivity index (χ3n) is 1.04. The topological polar surface area (TPSA) is 36.7 Å². The Morgan fingerprint density at radius 1 is 1.80 bits per heavy atom. The lowest BCUT2D eigenvalue weighted by molar-refractivity contribution is 1.08. The summed E-state index contributed by atoms with van der Waals surface area (Å²) in [5, 5.41) is 9.49. The summed E-state index contributed by atoms with van der Waals surface area (Å²) in [5.74, 6) is 0. The quantitative estimate of drug-likeness (QED) is 0.723. The van der Waals surface area contributed by atoms with Gasteiger partial charge < -0.3 is 0 Å². The molecule has 0 N–H and O–H groups in total. The van der Waals surface area contributed by atoms with Crippen LogP contribution in [0.15, 0.2) is 3.79 Å². The number of nitriles is 1. The van der Waals surface area contributed by atoms with Crippen LogP contribution >= 0.6 is 27.3 Å². The molecular formula is C6H5BrN2S. The molecule has 0 radical (unpaired) electrons. The fraction of sp³-hybridized carbons (Fsp3) is 0.333. The highest BCUT2D eigenvalue weighted by molar-refractivity contribution is 9.11. The zero-order chi connectivity index (χ0) is 7.56. The van der Waals surface area contributed by atoms with E-state index in [0.29, 0.717) is 5.69 Å². The maximum absolute atomic E-state index is 8.49. The Kier molecular flexibility index (Phi) is 2.41. The first-order chi connectivity index (χ1) is 4.77. The Hall–Kier alpha value is -0.400. The van der Waals surface area contributed by atoms with Crippen LogP contribution in [-0.4, -0.2) is 4.98 Å². The molecule has 0 aliphatic carbocycles. The smallest absolute Gasteiger partial charge is 0.165 e. The van der Waals surface area contributed by atoms with Crippen molar-refractivity contribution < 1.29 is 0 Å². The fourth-order valence-electron chi connectivity index (χ4n) is 0.563. The molecule has 1 aromatic heterocycles. The van der Waals surface area contributed by atoms with Crippen molar-refractivity contribution in [2.24, 2.45) is 0 Å². The SMILES string of the molecule is CCc1nc(C#N)c(Br)s1. The third kappa shape index (κ3) is 1.36. The number of rotatable bonds is 1. The third-order valence-corrected chi connectivity index (χ3v) is 2.89. The molecule has 1 aromatic rings. The first kappa shape index (κ1) is 7.70. The summed E-state index contributed by atoms with van der Waals surface area (Å²) in [4.78, 5) is 4.06. The van der Waals surface area contributed by atoms with Gasteiger partial charge in [-0.1, -0.05) is 6.92 Å². The molecule has 4 heteroatoms. The molecule has 0 bridgehead atoms. The van der Waals surface area contributed by atoms with E-state index in [2.05, 4.69) is 20.9 Å². The Morgan fingerprint density at radius 3 is 2.80 bits per heavy atom. The lowest BCUT2D eigenvalue weighted by atomic mass is 10.5. The van der Waals surface area contributed by atoms with Crippen LogP contribution in [0.5, 0.6) is 0 Å². The summed E-state index contributed by atoms with van der Waals surface area (Å²) in [6.45, 7) is 2.02. The summed E-state index contributed by atoms with van der Waals surface area (Å²) >= 11 is 4.77. The highest BCUT2D eigenvalue weighted by Gasteiger charge is 2.04. The summed E-state index contributed by atoms with van der Waals surface area (Å²) in [6, 6.07) is 2.00. The Bertz CT molecular complexity index is 274. The number of nitrogens with zero attached hydrogens (tertiary/aromatic N) is 2. The molecular weight excluding hydrogens is 212 g/mol. The maximum Gasteiger partial charge on any atom is 0.165 e. The van der Waals surface area contributed by atoms with Gasteiger partial charge in [0.15, 0.2) is 5.69 Å². The molecule has 1 rings (SSSR count). The van der Waals surface area contributed by atoms with Crippen LogP contribution in [0.4, 0.5) is 0 Å². The van der Waals surface area contributed by atoms with E-state index in [-0.39, 0.29) is 0 Å². The zero-order valence-electron chi connectivity index (χ0n) is 5.39. The highest BCUT2D eigenvalue weighted by atomic mass is 79.9. The molecule has 10 heavy (non-hydrogen) atoms. The van der Waals surface area contributed by atoms with E-state index in [4.69, 9.17) is 5.26 Å². The molecule has 0 amide bonds. The largest absolute Gasteiger partial charge is 0.229 e. The highest BCUT2D eigenvalue weighted by Crippen LogP contribution is 2.24. The van der Waals surface area contributed by atoms with Gasteiger partial charge in [-0.25, -0.2) is 4.98 Å². The van der Waals surface area contributed by atoms with Gasteiger partial charge in [-0.2, -0.15) is 5.26 Å². The van der Waals surface area contributed by atoms with E-state index < -0.39 is 0 Å². The standard InChI is InChI=1S/C6H5BrN2S/c1-2-5-9-4(3-8)6(7)10-5/h2H2,1H3. The van der Waals surface area contributed by atoms with Crippen LogP contribution in [0.2, 0.25) is 0 Å². The minimum atomic E-state index is 0.502. The summed E-state index contributed by atoms with van der Waals surface area (Å²) in [7, 11) is 0. The van der Waals surface area contributed by atoms with Crippen molar-refractivity contribution in [3.05, 3.63) is 14.5 Å². The van der Waals surface area contributed by atoms with Crippen molar-refractivity contribution in [1.29, 1.82) is 5.26 Å². The van der Waals surface area contributed by atoms with Gasteiger partial charge in [-0.15, -0.1) is 11.3 Å². The maximum atomic E-state index is 8.49. The van der Waals surface area contributed by atoms with Gasteiger partial charge in [0.05, 0.1) is 5.01 Å². The van der Waals surface area contributed by atoms with Crippen LogP contribution in [0.25, 0.3) is 0 Å². The van der Waals surface area contributed by atoms with Gasteiger partial charge in [0.1, 0.15) is 9.86 Å². The molecule has 0 unspecified atom stereocenters. The van der Waals surface area contributed by atoms with E-state index in [9.17, 15) is 0 Å². The van der Waals surface area contributed by atoms with E-state index in [1.54, 1.807) is 0 Å². The Morgan fingerprint density at radius 2 is 2.50 bits per heavy atom. The van der Waals surface area contributed by atoms with Crippen LogP contribution in [0.1, 0.15) is 17.6 Å². The predicted octanol–water partition coefficient (Wildman–Crippen LogP) is 2.34. The molecule has 0 aliphatic rings. The van der Waals surface area contributed by atoms with Crippen molar-refractivity contribution in [3.63, 3.8) is 0 Å². The normalized spacial score (nSPS) is 9.30. The second-order valence-corrected chi connectivity index (χ2v) is 4.10. The second-order valence-electron chi connectivity index (χ2n) is 1.70. The number of aromatic nitrogens is 1. The van der Waals surface area contributed by atoms with E-state index in [1.807, 2.05) is 13.0 Å². The van der Waals surface area contributed by atoms with Gasteiger partial charge in [0, 0.05) is 0 Å². The van der Waals surface area contributed by atoms with Crippen LogP contribution < -0.4 is 0 Å². The molecule has 0 saturated heterocycles. The van der Waals surface area contributed by atoms with Gasteiger partial charge in [0.25, 0.3) is 0 Å². The number of halogens is 1. The van der Waals surface area contributed by atoms with Crippen molar-refractivity contribution in [2.75, 3.05) is 0 Å². The Balaban J connectivity index is 3.07.